The molecule has 1 N–H and O–H groups in total. The zero-order valence-corrected chi connectivity index (χ0v) is 20.2. The number of ether oxygens (including phenoxy) is 9. The van der Waals surface area contributed by atoms with Crippen LogP contribution in [0.3, 0.4) is 0 Å². The predicted octanol–water partition coefficient (Wildman–Crippen LogP) is -1.70. The molecule has 1 atom stereocenters. The Morgan fingerprint density at radius 1 is 0.571 bits per heavy atom. The predicted molar refractivity (Wildman–Crippen MR) is 116 cm³/mol. The van der Waals surface area contributed by atoms with Gasteiger partial charge in [0.05, 0.1) is 46.2 Å². The maximum atomic E-state index is 11.5. The van der Waals surface area contributed by atoms with Crippen LogP contribution in [-0.2, 0) is 61.8 Å². The average Bonchev–Trinajstić information content (AvgIpc) is 2.81. The molecular weight excluding hydrogens is 476 g/mol. The summed E-state index contributed by atoms with van der Waals surface area (Å²) in [5.74, 6) is -1.90. The summed E-state index contributed by atoms with van der Waals surface area (Å²) in [4.78, 5) is 44.9. The van der Waals surface area contributed by atoms with Crippen LogP contribution >= 0.6 is 0 Å². The molecule has 0 rings (SSSR count). The molecule has 0 spiro atoms. The summed E-state index contributed by atoms with van der Waals surface area (Å²) in [5.41, 5.74) is 0. The van der Waals surface area contributed by atoms with E-state index in [1.165, 1.54) is 14.0 Å². The van der Waals surface area contributed by atoms with Gasteiger partial charge in [-0.05, 0) is 6.92 Å². The number of rotatable bonds is 24. The Bertz CT molecular complexity index is 582. The smallest absolute Gasteiger partial charge is 0.332 e. The van der Waals surface area contributed by atoms with Crippen molar-refractivity contribution in [3.05, 3.63) is 0 Å². The number of hydrogen-bond donors (Lipinski definition) is 1. The molecular formula is C21H36O14. The fourth-order valence-electron chi connectivity index (χ4n) is 2.00. The molecule has 0 aliphatic heterocycles. The average molecular weight is 513 g/mol. The lowest BCUT2D eigenvalue weighted by Crippen LogP contribution is -2.25. The molecule has 204 valence electrons. The number of Topliss-reactive ketones (excluding diaryl/α,β-unsaturated/α-hetero) is 1. The van der Waals surface area contributed by atoms with Gasteiger partial charge in [0, 0.05) is 7.11 Å². The van der Waals surface area contributed by atoms with Gasteiger partial charge in [0.2, 0.25) is 0 Å². The van der Waals surface area contributed by atoms with Crippen molar-refractivity contribution in [3.8, 4) is 0 Å². The van der Waals surface area contributed by atoms with Crippen LogP contribution in [0, 0.1) is 0 Å². The van der Waals surface area contributed by atoms with E-state index in [0.29, 0.717) is 0 Å². The molecule has 14 nitrogen and oxygen atoms in total. The van der Waals surface area contributed by atoms with E-state index in [2.05, 4.69) is 0 Å². The zero-order chi connectivity index (χ0) is 26.2. The first-order valence-corrected chi connectivity index (χ1v) is 10.9. The monoisotopic (exact) mass is 512 g/mol. The van der Waals surface area contributed by atoms with Crippen molar-refractivity contribution < 1.29 is 66.9 Å². The highest BCUT2D eigenvalue weighted by Crippen LogP contribution is 1.90. The van der Waals surface area contributed by atoms with Crippen molar-refractivity contribution in [3.63, 3.8) is 0 Å². The van der Waals surface area contributed by atoms with Crippen LogP contribution in [0.25, 0.3) is 0 Å². The van der Waals surface area contributed by atoms with E-state index in [0.717, 1.165) is 0 Å². The van der Waals surface area contributed by atoms with E-state index in [1.807, 2.05) is 0 Å². The highest BCUT2D eigenvalue weighted by molar-refractivity contribution is 5.76. The van der Waals surface area contributed by atoms with Crippen LogP contribution < -0.4 is 0 Å². The second-order valence-corrected chi connectivity index (χ2v) is 6.76. The number of carbonyl (C=O) groups is 4. The van der Waals surface area contributed by atoms with Crippen molar-refractivity contribution in [2.75, 3.05) is 99.6 Å². The van der Waals surface area contributed by atoms with Crippen molar-refractivity contribution in [2.24, 2.45) is 0 Å². The Morgan fingerprint density at radius 3 is 1.40 bits per heavy atom. The van der Waals surface area contributed by atoms with Crippen LogP contribution in [-0.4, -0.2) is 135 Å². The second-order valence-electron chi connectivity index (χ2n) is 6.76. The van der Waals surface area contributed by atoms with Gasteiger partial charge in [0.25, 0.3) is 0 Å². The SMILES string of the molecule is COCC(O)COC(=O)COCCOCC(=O)OCCOCCOC(=O)COCCOCC(C)=O. The lowest BCUT2D eigenvalue weighted by Gasteiger charge is -2.10. The molecule has 1 unspecified atom stereocenters. The third-order valence-electron chi connectivity index (χ3n) is 3.49. The third kappa shape index (κ3) is 24.7. The van der Waals surface area contributed by atoms with Crippen LogP contribution in [0.1, 0.15) is 6.92 Å². The second kappa shape index (κ2) is 23.5. The van der Waals surface area contributed by atoms with E-state index in [9.17, 15) is 24.3 Å². The number of esters is 3. The highest BCUT2D eigenvalue weighted by Gasteiger charge is 2.09. The minimum atomic E-state index is -0.899. The molecule has 0 radical (unpaired) electrons. The van der Waals surface area contributed by atoms with Gasteiger partial charge in [-0.1, -0.05) is 0 Å². The lowest BCUT2D eigenvalue weighted by atomic mass is 10.4. The van der Waals surface area contributed by atoms with Gasteiger partial charge in [-0.2, -0.15) is 0 Å². The molecule has 0 aliphatic carbocycles. The van der Waals surface area contributed by atoms with E-state index in [1.54, 1.807) is 0 Å². The Balaban J connectivity index is 3.41. The molecule has 0 fully saturated rings. The summed E-state index contributed by atoms with van der Waals surface area (Å²) in [6.45, 7) is 1.14. The molecule has 0 aromatic heterocycles. The van der Waals surface area contributed by atoms with Gasteiger partial charge in [0.15, 0.2) is 5.78 Å². The first kappa shape index (κ1) is 32.8. The molecule has 0 saturated heterocycles. The Hall–Kier alpha value is -2.20. The van der Waals surface area contributed by atoms with Crippen molar-refractivity contribution in [1.82, 2.24) is 0 Å². The Kier molecular flexibility index (Phi) is 22.1. The third-order valence-corrected chi connectivity index (χ3v) is 3.49. The molecule has 0 saturated carbocycles. The van der Waals surface area contributed by atoms with Gasteiger partial charge in [0.1, 0.15) is 52.4 Å². The number of aliphatic hydroxyl groups excluding tert-OH is 1. The maximum Gasteiger partial charge on any atom is 0.332 e. The van der Waals surface area contributed by atoms with E-state index < -0.39 is 24.0 Å². The van der Waals surface area contributed by atoms with Crippen LogP contribution in [0.4, 0.5) is 0 Å². The minimum Gasteiger partial charge on any atom is -0.462 e. The van der Waals surface area contributed by atoms with Gasteiger partial charge in [-0.25, -0.2) is 14.4 Å². The van der Waals surface area contributed by atoms with E-state index in [4.69, 9.17) is 42.6 Å². The largest absolute Gasteiger partial charge is 0.462 e. The molecule has 0 aliphatic rings. The van der Waals surface area contributed by atoms with Gasteiger partial charge >= 0.3 is 17.9 Å². The molecule has 0 heterocycles. The van der Waals surface area contributed by atoms with Gasteiger partial charge < -0.3 is 47.7 Å². The van der Waals surface area contributed by atoms with Gasteiger partial charge in [-0.3, -0.25) is 4.79 Å². The number of hydrogen-bond acceptors (Lipinski definition) is 14. The van der Waals surface area contributed by atoms with Crippen LogP contribution in [0.15, 0.2) is 0 Å². The maximum absolute atomic E-state index is 11.5. The zero-order valence-electron chi connectivity index (χ0n) is 20.2. The first-order valence-electron chi connectivity index (χ1n) is 10.9. The summed E-state index contributed by atoms with van der Waals surface area (Å²) in [7, 11) is 1.42. The van der Waals surface area contributed by atoms with E-state index in [-0.39, 0.29) is 98.3 Å². The summed E-state index contributed by atoms with van der Waals surface area (Å²) < 4.78 is 44.5. The number of methoxy groups -OCH3 is 1. The number of aliphatic hydroxyl groups is 1. The van der Waals surface area contributed by atoms with Crippen molar-refractivity contribution in [2.45, 2.75) is 13.0 Å². The lowest BCUT2D eigenvalue weighted by molar-refractivity contribution is -0.156. The molecule has 0 amide bonds. The van der Waals surface area contributed by atoms with Crippen LogP contribution in [0.2, 0.25) is 0 Å². The number of ketones is 1. The van der Waals surface area contributed by atoms with Crippen molar-refractivity contribution in [1.29, 1.82) is 0 Å². The van der Waals surface area contributed by atoms with Gasteiger partial charge in [-0.15, -0.1) is 0 Å². The molecule has 0 bridgehead atoms. The summed E-state index contributed by atoms with van der Waals surface area (Å²) in [5, 5.41) is 9.34. The number of carbonyl (C=O) groups excluding carboxylic acids is 4. The van der Waals surface area contributed by atoms with Crippen molar-refractivity contribution >= 4 is 23.7 Å². The van der Waals surface area contributed by atoms with Crippen LogP contribution in [0.5, 0.6) is 0 Å². The fourth-order valence-corrected chi connectivity index (χ4v) is 2.00. The quantitative estimate of drug-likeness (QED) is 0.0880. The topological polar surface area (TPSA) is 172 Å². The first-order chi connectivity index (χ1) is 16.8. The standard InChI is InChI=1S/C21H36O14/c1-17(22)11-29-3-4-30-14-19(24)33-9-7-28-8-10-34-20(25)15-31-5-6-32-16-21(26)35-13-18(23)12-27-2/h18,23H,3-16H2,1-2H3. The minimum absolute atomic E-state index is 0.00320. The summed E-state index contributed by atoms with van der Waals surface area (Å²) in [6.07, 6.45) is -0.899. The highest BCUT2D eigenvalue weighted by atomic mass is 16.6. The molecule has 0 aromatic carbocycles. The Morgan fingerprint density at radius 2 is 0.971 bits per heavy atom. The summed E-state index contributed by atoms with van der Waals surface area (Å²) in [6, 6.07) is 0. The summed E-state index contributed by atoms with van der Waals surface area (Å²) >= 11 is 0. The Labute approximate surface area is 204 Å². The molecule has 14 heteroatoms. The molecule has 35 heavy (non-hydrogen) atoms. The fraction of sp³-hybridized carbons (Fsp3) is 0.810. The molecule has 0 aromatic rings. The normalized spacial score (nSPS) is 11.6. The van der Waals surface area contributed by atoms with E-state index >= 15 is 0 Å².